The molecule has 0 saturated carbocycles. The molecule has 120 valence electrons. The number of hydrogen-bond acceptors (Lipinski definition) is 3. The maximum atomic E-state index is 12.2. The molecule has 2 amide bonds. The summed E-state index contributed by atoms with van der Waals surface area (Å²) in [6, 6.07) is 4.14. The lowest BCUT2D eigenvalue weighted by Gasteiger charge is -2.21. The third-order valence-electron chi connectivity index (χ3n) is 4.15. The van der Waals surface area contributed by atoms with E-state index in [1.807, 2.05) is 19.9 Å². The number of nitrogens with zero attached hydrogens (tertiary/aromatic N) is 1. The summed E-state index contributed by atoms with van der Waals surface area (Å²) in [5.74, 6) is 0.587. The van der Waals surface area contributed by atoms with Crippen LogP contribution in [0.5, 0.6) is 5.75 Å². The van der Waals surface area contributed by atoms with E-state index < -0.39 is 0 Å². The van der Waals surface area contributed by atoms with Gasteiger partial charge in [-0.05, 0) is 43.5 Å². The largest absolute Gasteiger partial charge is 0.491 e. The van der Waals surface area contributed by atoms with E-state index in [2.05, 4.69) is 18.3 Å². The average molecular weight is 304 g/mol. The van der Waals surface area contributed by atoms with Gasteiger partial charge in [-0.2, -0.15) is 0 Å². The SMILES string of the molecule is Cc1cc(C)c(C)c(OCCN(C)C(=O)C2CNC(=O)C2)c1. The van der Waals surface area contributed by atoms with Crippen LogP contribution in [-0.2, 0) is 9.59 Å². The van der Waals surface area contributed by atoms with Crippen LogP contribution in [0.15, 0.2) is 12.1 Å². The molecular formula is C17H24N2O3. The highest BCUT2D eigenvalue weighted by Gasteiger charge is 2.29. The van der Waals surface area contributed by atoms with Gasteiger partial charge in [-0.1, -0.05) is 6.07 Å². The molecule has 0 aliphatic carbocycles. The van der Waals surface area contributed by atoms with Crippen LogP contribution < -0.4 is 10.1 Å². The molecule has 0 spiro atoms. The van der Waals surface area contributed by atoms with Crippen LogP contribution in [0.3, 0.4) is 0 Å². The molecule has 5 heteroatoms. The van der Waals surface area contributed by atoms with E-state index in [0.29, 0.717) is 26.1 Å². The van der Waals surface area contributed by atoms with Gasteiger partial charge in [-0.15, -0.1) is 0 Å². The number of carbonyl (C=O) groups excluding carboxylic acids is 2. The van der Waals surface area contributed by atoms with E-state index in [9.17, 15) is 9.59 Å². The smallest absolute Gasteiger partial charge is 0.227 e. The summed E-state index contributed by atoms with van der Waals surface area (Å²) < 4.78 is 5.83. The van der Waals surface area contributed by atoms with Gasteiger partial charge < -0.3 is 15.0 Å². The van der Waals surface area contributed by atoms with Crippen molar-refractivity contribution in [2.75, 3.05) is 26.7 Å². The molecule has 1 N–H and O–H groups in total. The summed E-state index contributed by atoms with van der Waals surface area (Å²) in [5.41, 5.74) is 3.50. The molecule has 0 aromatic heterocycles. The predicted octanol–water partition coefficient (Wildman–Crippen LogP) is 1.59. The van der Waals surface area contributed by atoms with Crippen molar-refractivity contribution in [2.24, 2.45) is 5.92 Å². The Labute approximate surface area is 131 Å². The quantitative estimate of drug-likeness (QED) is 0.898. The van der Waals surface area contributed by atoms with Crippen molar-refractivity contribution in [3.05, 3.63) is 28.8 Å². The van der Waals surface area contributed by atoms with Crippen molar-refractivity contribution in [1.82, 2.24) is 10.2 Å². The molecule has 1 heterocycles. The molecule has 1 aromatic rings. The minimum atomic E-state index is -0.236. The van der Waals surface area contributed by atoms with Gasteiger partial charge in [0.05, 0.1) is 12.5 Å². The van der Waals surface area contributed by atoms with E-state index in [-0.39, 0.29) is 17.7 Å². The fourth-order valence-corrected chi connectivity index (χ4v) is 2.64. The number of benzene rings is 1. The Hall–Kier alpha value is -2.04. The van der Waals surface area contributed by atoms with Crippen LogP contribution in [0.4, 0.5) is 0 Å². The van der Waals surface area contributed by atoms with Gasteiger partial charge in [0, 0.05) is 20.0 Å². The molecule has 1 aromatic carbocycles. The van der Waals surface area contributed by atoms with E-state index in [4.69, 9.17) is 4.74 Å². The third-order valence-corrected chi connectivity index (χ3v) is 4.15. The molecule has 0 radical (unpaired) electrons. The number of amides is 2. The minimum Gasteiger partial charge on any atom is -0.491 e. The molecule has 1 saturated heterocycles. The van der Waals surface area contributed by atoms with Gasteiger partial charge in [0.25, 0.3) is 0 Å². The van der Waals surface area contributed by atoms with Gasteiger partial charge >= 0.3 is 0 Å². The lowest BCUT2D eigenvalue weighted by atomic mass is 10.1. The molecule has 5 nitrogen and oxygen atoms in total. The molecule has 1 atom stereocenters. The van der Waals surface area contributed by atoms with Gasteiger partial charge in [-0.25, -0.2) is 0 Å². The van der Waals surface area contributed by atoms with E-state index in [0.717, 1.165) is 16.9 Å². The van der Waals surface area contributed by atoms with E-state index in [1.54, 1.807) is 11.9 Å². The summed E-state index contributed by atoms with van der Waals surface area (Å²) in [7, 11) is 1.75. The second-order valence-corrected chi connectivity index (χ2v) is 6.02. The molecule has 1 aliphatic heterocycles. The third kappa shape index (κ3) is 3.78. The molecule has 1 unspecified atom stereocenters. The Morgan fingerprint density at radius 3 is 2.73 bits per heavy atom. The first-order chi connectivity index (χ1) is 10.4. The van der Waals surface area contributed by atoms with Crippen molar-refractivity contribution in [1.29, 1.82) is 0 Å². The summed E-state index contributed by atoms with van der Waals surface area (Å²) in [6.45, 7) is 7.54. The first-order valence-electron chi connectivity index (χ1n) is 7.61. The molecule has 22 heavy (non-hydrogen) atoms. The van der Waals surface area contributed by atoms with Crippen LogP contribution >= 0.6 is 0 Å². The molecule has 2 rings (SSSR count). The van der Waals surface area contributed by atoms with Crippen LogP contribution in [0.2, 0.25) is 0 Å². The summed E-state index contributed by atoms with van der Waals surface area (Å²) >= 11 is 0. The monoisotopic (exact) mass is 304 g/mol. The maximum Gasteiger partial charge on any atom is 0.227 e. The molecule has 1 fully saturated rings. The zero-order valence-electron chi connectivity index (χ0n) is 13.7. The van der Waals surface area contributed by atoms with Crippen LogP contribution in [0.1, 0.15) is 23.1 Å². The van der Waals surface area contributed by atoms with Crippen molar-refractivity contribution >= 4 is 11.8 Å². The number of aryl methyl sites for hydroxylation is 2. The van der Waals surface area contributed by atoms with Gasteiger partial charge in [-0.3, -0.25) is 9.59 Å². The minimum absolute atomic E-state index is 0.000838. The van der Waals surface area contributed by atoms with Crippen molar-refractivity contribution in [3.63, 3.8) is 0 Å². The van der Waals surface area contributed by atoms with Gasteiger partial charge in [0.2, 0.25) is 11.8 Å². The zero-order chi connectivity index (χ0) is 16.3. The number of ether oxygens (including phenoxy) is 1. The average Bonchev–Trinajstić information content (AvgIpc) is 2.89. The highest BCUT2D eigenvalue weighted by Crippen LogP contribution is 2.23. The topological polar surface area (TPSA) is 58.6 Å². The Morgan fingerprint density at radius 2 is 2.09 bits per heavy atom. The molecule has 0 bridgehead atoms. The number of likely N-dealkylation sites (N-methyl/N-ethyl adjacent to an activating group) is 1. The summed E-state index contributed by atoms with van der Waals surface area (Å²) in [4.78, 5) is 25.0. The first-order valence-corrected chi connectivity index (χ1v) is 7.61. The Kier molecular flexibility index (Phi) is 5.06. The fraction of sp³-hybridized carbons (Fsp3) is 0.529. The second-order valence-electron chi connectivity index (χ2n) is 6.02. The highest BCUT2D eigenvalue weighted by atomic mass is 16.5. The first kappa shape index (κ1) is 16.3. The van der Waals surface area contributed by atoms with Crippen molar-refractivity contribution in [3.8, 4) is 5.75 Å². The highest BCUT2D eigenvalue weighted by molar-refractivity contribution is 5.89. The Morgan fingerprint density at radius 1 is 1.36 bits per heavy atom. The maximum absolute atomic E-state index is 12.2. The van der Waals surface area contributed by atoms with Crippen molar-refractivity contribution < 1.29 is 14.3 Å². The number of nitrogens with one attached hydrogen (secondary N) is 1. The lowest BCUT2D eigenvalue weighted by Crippen LogP contribution is -2.36. The van der Waals surface area contributed by atoms with Crippen molar-refractivity contribution in [2.45, 2.75) is 27.2 Å². The van der Waals surface area contributed by atoms with Gasteiger partial charge in [0.15, 0.2) is 0 Å². The summed E-state index contributed by atoms with van der Waals surface area (Å²) in [5, 5.41) is 2.69. The second kappa shape index (κ2) is 6.81. The predicted molar refractivity (Wildman–Crippen MR) is 84.9 cm³/mol. The Bertz CT molecular complexity index is 584. The normalized spacial score (nSPS) is 17.3. The van der Waals surface area contributed by atoms with Crippen LogP contribution in [0, 0.1) is 26.7 Å². The summed E-state index contributed by atoms with van der Waals surface area (Å²) in [6.07, 6.45) is 0.292. The van der Waals surface area contributed by atoms with Crippen LogP contribution in [-0.4, -0.2) is 43.5 Å². The van der Waals surface area contributed by atoms with E-state index >= 15 is 0 Å². The van der Waals surface area contributed by atoms with Crippen LogP contribution in [0.25, 0.3) is 0 Å². The number of hydrogen-bond donors (Lipinski definition) is 1. The molecular weight excluding hydrogens is 280 g/mol. The standard InChI is InChI=1S/C17H24N2O3/c1-11-7-12(2)13(3)15(8-11)22-6-5-19(4)17(21)14-9-16(20)18-10-14/h7-8,14H,5-6,9-10H2,1-4H3,(H,18,20). The van der Waals surface area contributed by atoms with E-state index in [1.165, 1.54) is 5.56 Å². The number of carbonyl (C=O) groups is 2. The fourth-order valence-electron chi connectivity index (χ4n) is 2.64. The lowest BCUT2D eigenvalue weighted by molar-refractivity contribution is -0.134. The number of rotatable bonds is 5. The van der Waals surface area contributed by atoms with Gasteiger partial charge in [0.1, 0.15) is 12.4 Å². The molecule has 1 aliphatic rings. The zero-order valence-corrected chi connectivity index (χ0v) is 13.7. The Balaban J connectivity index is 1.86.